The van der Waals surface area contributed by atoms with Gasteiger partial charge in [0, 0.05) is 0 Å². The van der Waals surface area contributed by atoms with Gasteiger partial charge in [0.2, 0.25) is 0 Å². The fraction of sp³-hybridized carbons (Fsp3) is 0.900. The first-order valence-electron chi connectivity index (χ1n) is 9.07. The normalized spacial score (nSPS) is 53.4. The van der Waals surface area contributed by atoms with Crippen molar-refractivity contribution < 1.29 is 0 Å². The summed E-state index contributed by atoms with van der Waals surface area (Å²) >= 11 is 0. The van der Waals surface area contributed by atoms with E-state index < -0.39 is 0 Å². The van der Waals surface area contributed by atoms with Crippen LogP contribution in [-0.2, 0) is 0 Å². The third kappa shape index (κ3) is 1.44. The molecule has 0 heteroatoms. The molecule has 4 aliphatic carbocycles. The van der Waals surface area contributed by atoms with Crippen LogP contribution in [0.4, 0.5) is 0 Å². The second kappa shape index (κ2) is 3.93. The van der Waals surface area contributed by atoms with Gasteiger partial charge in [-0.3, -0.25) is 0 Å². The first-order valence-corrected chi connectivity index (χ1v) is 9.07. The molecule has 112 valence electrons. The zero-order chi connectivity index (χ0) is 14.2. The summed E-state index contributed by atoms with van der Waals surface area (Å²) in [7, 11) is 0. The second-order valence-electron chi connectivity index (χ2n) is 9.54. The summed E-state index contributed by atoms with van der Waals surface area (Å²) in [6, 6.07) is 0. The highest BCUT2D eigenvalue weighted by atomic mass is 14.7. The third-order valence-electron chi connectivity index (χ3n) is 8.60. The van der Waals surface area contributed by atoms with E-state index in [1.807, 2.05) is 0 Å². The van der Waals surface area contributed by atoms with Crippen molar-refractivity contribution in [2.75, 3.05) is 0 Å². The molecule has 1 unspecified atom stereocenters. The van der Waals surface area contributed by atoms with Crippen molar-refractivity contribution in [3.8, 4) is 0 Å². The molecule has 0 amide bonds. The molecule has 20 heavy (non-hydrogen) atoms. The maximum atomic E-state index is 4.40. The van der Waals surface area contributed by atoms with Crippen LogP contribution in [0.25, 0.3) is 0 Å². The third-order valence-corrected chi connectivity index (χ3v) is 8.60. The predicted octanol–water partition coefficient (Wildman–Crippen LogP) is 5.98. The zero-order valence-corrected chi connectivity index (χ0v) is 13.8. The van der Waals surface area contributed by atoms with Gasteiger partial charge in [0.05, 0.1) is 0 Å². The van der Waals surface area contributed by atoms with Gasteiger partial charge in [0.1, 0.15) is 0 Å². The maximum Gasteiger partial charge on any atom is -0.0197 e. The highest BCUT2D eigenvalue weighted by molar-refractivity contribution is 5.22. The molecule has 0 saturated heterocycles. The van der Waals surface area contributed by atoms with Crippen molar-refractivity contribution in [2.24, 2.45) is 34.0 Å². The lowest BCUT2D eigenvalue weighted by Gasteiger charge is -2.65. The predicted molar refractivity (Wildman–Crippen MR) is 85.5 cm³/mol. The average molecular weight is 272 g/mol. The van der Waals surface area contributed by atoms with E-state index in [-0.39, 0.29) is 0 Å². The van der Waals surface area contributed by atoms with Gasteiger partial charge < -0.3 is 0 Å². The summed E-state index contributed by atoms with van der Waals surface area (Å²) < 4.78 is 0. The van der Waals surface area contributed by atoms with E-state index in [4.69, 9.17) is 0 Å². The molecule has 4 aliphatic rings. The van der Waals surface area contributed by atoms with E-state index in [9.17, 15) is 0 Å². The highest BCUT2D eigenvalue weighted by Gasteiger charge is 2.65. The highest BCUT2D eigenvalue weighted by Crippen LogP contribution is 2.74. The lowest BCUT2D eigenvalue weighted by molar-refractivity contribution is -0.155. The van der Waals surface area contributed by atoms with Crippen molar-refractivity contribution in [1.82, 2.24) is 0 Å². The Morgan fingerprint density at radius 1 is 1.05 bits per heavy atom. The van der Waals surface area contributed by atoms with Crippen LogP contribution in [0, 0.1) is 34.0 Å². The van der Waals surface area contributed by atoms with E-state index in [0.717, 1.165) is 17.8 Å². The van der Waals surface area contributed by atoms with Gasteiger partial charge in [-0.25, -0.2) is 0 Å². The Labute approximate surface area is 125 Å². The van der Waals surface area contributed by atoms with Gasteiger partial charge in [-0.15, -0.1) is 0 Å². The minimum absolute atomic E-state index is 0.583. The molecule has 4 fully saturated rings. The van der Waals surface area contributed by atoms with Gasteiger partial charge in [0.25, 0.3) is 0 Å². The van der Waals surface area contributed by atoms with Gasteiger partial charge in [-0.2, -0.15) is 0 Å². The molecule has 0 aromatic rings. The number of allylic oxidation sites excluding steroid dienone is 1. The molecule has 2 bridgehead atoms. The summed E-state index contributed by atoms with van der Waals surface area (Å²) in [5.41, 5.74) is 3.51. The summed E-state index contributed by atoms with van der Waals surface area (Å²) in [5, 5.41) is 0. The van der Waals surface area contributed by atoms with Crippen LogP contribution in [0.1, 0.15) is 78.6 Å². The first kappa shape index (κ1) is 13.4. The molecule has 5 atom stereocenters. The SMILES string of the molecule is C=C1CC[C@]23CC1C[C@@H]2CC[C@H]1C(C)(C)CCC[C@@]13C. The van der Waals surface area contributed by atoms with Gasteiger partial charge >= 0.3 is 0 Å². The van der Waals surface area contributed by atoms with Crippen LogP contribution in [0.3, 0.4) is 0 Å². The van der Waals surface area contributed by atoms with Crippen molar-refractivity contribution in [3.63, 3.8) is 0 Å². The topological polar surface area (TPSA) is 0 Å². The van der Waals surface area contributed by atoms with Crippen LogP contribution in [0.5, 0.6) is 0 Å². The van der Waals surface area contributed by atoms with Gasteiger partial charge in [-0.05, 0) is 85.4 Å². The quantitative estimate of drug-likeness (QED) is 0.476. The molecule has 4 saturated carbocycles. The van der Waals surface area contributed by atoms with E-state index in [2.05, 4.69) is 27.4 Å². The Morgan fingerprint density at radius 2 is 1.85 bits per heavy atom. The van der Waals surface area contributed by atoms with Crippen LogP contribution in [-0.4, -0.2) is 0 Å². The summed E-state index contributed by atoms with van der Waals surface area (Å²) in [4.78, 5) is 0. The van der Waals surface area contributed by atoms with Crippen LogP contribution >= 0.6 is 0 Å². The number of hydrogen-bond donors (Lipinski definition) is 0. The maximum absolute atomic E-state index is 4.40. The molecule has 0 nitrogen and oxygen atoms in total. The number of fused-ring (bicyclic) bond motifs is 2. The van der Waals surface area contributed by atoms with E-state index in [1.165, 1.54) is 57.8 Å². The van der Waals surface area contributed by atoms with Crippen molar-refractivity contribution >= 4 is 0 Å². The summed E-state index contributed by atoms with van der Waals surface area (Å²) in [5.74, 6) is 2.89. The molecular formula is C20H32. The fourth-order valence-corrected chi connectivity index (χ4v) is 7.64. The number of rotatable bonds is 0. The summed E-state index contributed by atoms with van der Waals surface area (Å²) in [6.07, 6.45) is 13.3. The Kier molecular flexibility index (Phi) is 2.63. The van der Waals surface area contributed by atoms with E-state index in [0.29, 0.717) is 16.2 Å². The first-order chi connectivity index (χ1) is 9.39. The minimum Gasteiger partial charge on any atom is -0.0996 e. The largest absolute Gasteiger partial charge is 0.0996 e. The van der Waals surface area contributed by atoms with E-state index in [1.54, 1.807) is 5.57 Å². The Hall–Kier alpha value is -0.260. The van der Waals surface area contributed by atoms with Crippen LogP contribution in [0.2, 0.25) is 0 Å². The lowest BCUT2D eigenvalue weighted by atomic mass is 9.40. The zero-order valence-electron chi connectivity index (χ0n) is 13.8. The van der Waals surface area contributed by atoms with Crippen molar-refractivity contribution in [1.29, 1.82) is 0 Å². The molecule has 0 radical (unpaired) electrons. The van der Waals surface area contributed by atoms with Crippen LogP contribution in [0.15, 0.2) is 12.2 Å². The number of hydrogen-bond acceptors (Lipinski definition) is 0. The van der Waals surface area contributed by atoms with Gasteiger partial charge in [0.15, 0.2) is 0 Å². The molecule has 0 N–H and O–H groups in total. The Balaban J connectivity index is 1.79. The van der Waals surface area contributed by atoms with Crippen molar-refractivity contribution in [2.45, 2.75) is 78.6 Å². The smallest absolute Gasteiger partial charge is 0.0197 e. The molecule has 1 spiro atoms. The molecule has 4 rings (SSSR count). The standard InChI is InChI=1S/C20H32/c1-14-8-11-20-13-15(14)12-16(20)6-7-17-18(2,3)9-5-10-19(17,20)4/h15-17H,1,5-13H2,2-4H3/t15?,16-,17-,19-,20-/m0/s1. The summed E-state index contributed by atoms with van der Waals surface area (Å²) in [6.45, 7) is 12.3. The Morgan fingerprint density at radius 3 is 2.65 bits per heavy atom. The molecule has 0 heterocycles. The van der Waals surface area contributed by atoms with E-state index >= 15 is 0 Å². The van der Waals surface area contributed by atoms with Crippen molar-refractivity contribution in [3.05, 3.63) is 12.2 Å². The molecule has 0 aliphatic heterocycles. The molecule has 0 aromatic carbocycles. The lowest BCUT2D eigenvalue weighted by Crippen LogP contribution is -2.57. The molecular weight excluding hydrogens is 240 g/mol. The Bertz CT molecular complexity index is 445. The second-order valence-corrected chi connectivity index (χ2v) is 9.54. The molecule has 0 aromatic heterocycles. The fourth-order valence-electron chi connectivity index (χ4n) is 7.64. The van der Waals surface area contributed by atoms with Gasteiger partial charge in [-0.1, -0.05) is 39.3 Å². The van der Waals surface area contributed by atoms with Crippen LogP contribution < -0.4 is 0 Å². The average Bonchev–Trinajstić information content (AvgIpc) is 2.70. The minimum atomic E-state index is 0.583. The monoisotopic (exact) mass is 272 g/mol.